The van der Waals surface area contributed by atoms with E-state index in [0.29, 0.717) is 5.92 Å². The summed E-state index contributed by atoms with van der Waals surface area (Å²) in [6.07, 6.45) is 0.953. The molecule has 0 aliphatic rings. The summed E-state index contributed by atoms with van der Waals surface area (Å²) in [4.78, 5) is 0. The van der Waals surface area contributed by atoms with Crippen LogP contribution in [-0.2, 0) is 0 Å². The molecule has 1 rings (SSSR count). The third-order valence-electron chi connectivity index (χ3n) is 3.08. The Kier molecular flexibility index (Phi) is 4.45. The average molecular weight is 238 g/mol. The standard InChI is InChI=1S/C13H16F2N2/c1-4-8(2)9(3)17-11-6-5-10(7-16)12(14)13(11)15/h5-6,8-9,17H,4H2,1-3H3. The second-order valence-electron chi connectivity index (χ2n) is 4.22. The first-order chi connectivity index (χ1) is 8.01. The molecule has 0 radical (unpaired) electrons. The molecular formula is C13H16F2N2. The zero-order valence-corrected chi connectivity index (χ0v) is 10.2. The van der Waals surface area contributed by atoms with E-state index in [4.69, 9.17) is 5.26 Å². The molecule has 2 atom stereocenters. The number of benzene rings is 1. The molecular weight excluding hydrogens is 222 g/mol. The number of nitrogens with zero attached hydrogens (tertiary/aromatic N) is 1. The van der Waals surface area contributed by atoms with Crippen LogP contribution in [0.1, 0.15) is 32.8 Å². The number of hydrogen-bond donors (Lipinski definition) is 1. The van der Waals surface area contributed by atoms with Crippen molar-refractivity contribution in [3.8, 4) is 6.07 Å². The van der Waals surface area contributed by atoms with Gasteiger partial charge in [0.05, 0.1) is 11.3 Å². The molecule has 0 fully saturated rings. The Morgan fingerprint density at radius 3 is 2.47 bits per heavy atom. The molecule has 0 amide bonds. The number of halogens is 2. The highest BCUT2D eigenvalue weighted by atomic mass is 19.2. The minimum absolute atomic E-state index is 0.0434. The van der Waals surface area contributed by atoms with E-state index in [1.165, 1.54) is 12.1 Å². The van der Waals surface area contributed by atoms with Crippen molar-refractivity contribution in [1.29, 1.82) is 5.26 Å². The van der Waals surface area contributed by atoms with Gasteiger partial charge in [0.1, 0.15) is 6.07 Å². The van der Waals surface area contributed by atoms with E-state index in [0.717, 1.165) is 6.42 Å². The highest BCUT2D eigenvalue weighted by molar-refractivity contribution is 5.50. The van der Waals surface area contributed by atoms with Gasteiger partial charge in [-0.1, -0.05) is 20.3 Å². The van der Waals surface area contributed by atoms with Crippen LogP contribution in [0.25, 0.3) is 0 Å². The van der Waals surface area contributed by atoms with Crippen molar-refractivity contribution < 1.29 is 8.78 Å². The van der Waals surface area contributed by atoms with Crippen LogP contribution in [0.15, 0.2) is 12.1 Å². The molecule has 0 saturated carbocycles. The molecule has 0 aliphatic carbocycles. The fourth-order valence-corrected chi connectivity index (χ4v) is 1.49. The topological polar surface area (TPSA) is 35.8 Å². The molecule has 0 aromatic heterocycles. The van der Waals surface area contributed by atoms with E-state index < -0.39 is 11.6 Å². The maximum absolute atomic E-state index is 13.6. The summed E-state index contributed by atoms with van der Waals surface area (Å²) in [6.45, 7) is 6.00. The van der Waals surface area contributed by atoms with E-state index in [1.807, 2.05) is 20.8 Å². The minimum Gasteiger partial charge on any atom is -0.380 e. The minimum atomic E-state index is -1.09. The quantitative estimate of drug-likeness (QED) is 0.868. The summed E-state index contributed by atoms with van der Waals surface area (Å²) in [5.74, 6) is -1.72. The first-order valence-electron chi connectivity index (χ1n) is 5.65. The molecule has 0 saturated heterocycles. The fourth-order valence-electron chi connectivity index (χ4n) is 1.49. The number of rotatable bonds is 4. The van der Waals surface area contributed by atoms with Crippen LogP contribution in [0.5, 0.6) is 0 Å². The van der Waals surface area contributed by atoms with Crippen molar-refractivity contribution in [3.63, 3.8) is 0 Å². The summed E-state index contributed by atoms with van der Waals surface area (Å²) >= 11 is 0. The zero-order chi connectivity index (χ0) is 13.0. The Bertz CT molecular complexity index is 438. The van der Waals surface area contributed by atoms with Gasteiger partial charge in [0, 0.05) is 6.04 Å². The molecule has 2 nitrogen and oxygen atoms in total. The Morgan fingerprint density at radius 2 is 1.94 bits per heavy atom. The molecule has 2 unspecified atom stereocenters. The van der Waals surface area contributed by atoms with Crippen molar-refractivity contribution in [2.45, 2.75) is 33.2 Å². The molecule has 0 aliphatic heterocycles. The lowest BCUT2D eigenvalue weighted by atomic mass is 10.0. The monoisotopic (exact) mass is 238 g/mol. The lowest BCUT2D eigenvalue weighted by molar-refractivity contribution is 0.481. The van der Waals surface area contributed by atoms with Crippen molar-refractivity contribution in [2.24, 2.45) is 5.92 Å². The lowest BCUT2D eigenvalue weighted by Crippen LogP contribution is -2.24. The maximum atomic E-state index is 13.6. The zero-order valence-electron chi connectivity index (χ0n) is 10.2. The number of hydrogen-bond acceptors (Lipinski definition) is 2. The van der Waals surface area contributed by atoms with Gasteiger partial charge in [0.25, 0.3) is 0 Å². The van der Waals surface area contributed by atoms with E-state index in [-0.39, 0.29) is 17.3 Å². The SMILES string of the molecule is CCC(C)C(C)Nc1ccc(C#N)c(F)c1F. The van der Waals surface area contributed by atoms with Crippen LogP contribution in [0.3, 0.4) is 0 Å². The summed E-state index contributed by atoms with van der Waals surface area (Å²) < 4.78 is 26.9. The van der Waals surface area contributed by atoms with E-state index in [9.17, 15) is 8.78 Å². The lowest BCUT2D eigenvalue weighted by Gasteiger charge is -2.21. The molecule has 1 N–H and O–H groups in total. The van der Waals surface area contributed by atoms with Gasteiger partial charge in [0.2, 0.25) is 0 Å². The van der Waals surface area contributed by atoms with Crippen LogP contribution in [0, 0.1) is 28.9 Å². The Hall–Kier alpha value is -1.63. The summed E-state index contributed by atoms with van der Waals surface area (Å²) in [5.41, 5.74) is -0.168. The van der Waals surface area contributed by atoms with Crippen LogP contribution >= 0.6 is 0 Å². The Morgan fingerprint density at radius 1 is 1.29 bits per heavy atom. The van der Waals surface area contributed by atoms with Gasteiger partial charge in [-0.2, -0.15) is 5.26 Å². The van der Waals surface area contributed by atoms with Crippen molar-refractivity contribution in [2.75, 3.05) is 5.32 Å². The van der Waals surface area contributed by atoms with Crippen LogP contribution in [0.2, 0.25) is 0 Å². The predicted octanol–water partition coefficient (Wildman–Crippen LogP) is 3.68. The first kappa shape index (κ1) is 13.4. The van der Waals surface area contributed by atoms with Gasteiger partial charge in [-0.05, 0) is 25.0 Å². The highest BCUT2D eigenvalue weighted by Crippen LogP contribution is 2.22. The summed E-state index contributed by atoms with van der Waals surface area (Å²) in [6, 6.07) is 4.33. The van der Waals surface area contributed by atoms with Gasteiger partial charge in [-0.15, -0.1) is 0 Å². The van der Waals surface area contributed by atoms with E-state index in [2.05, 4.69) is 5.32 Å². The van der Waals surface area contributed by atoms with E-state index in [1.54, 1.807) is 6.07 Å². The molecule has 92 valence electrons. The van der Waals surface area contributed by atoms with Crippen LogP contribution in [0.4, 0.5) is 14.5 Å². The van der Waals surface area contributed by atoms with Gasteiger partial charge in [-0.25, -0.2) is 8.78 Å². The summed E-state index contributed by atoms with van der Waals surface area (Å²) in [7, 11) is 0. The molecule has 0 heterocycles. The van der Waals surface area contributed by atoms with Gasteiger partial charge in [-0.3, -0.25) is 0 Å². The predicted molar refractivity (Wildman–Crippen MR) is 63.6 cm³/mol. The molecule has 4 heteroatoms. The number of anilines is 1. The number of nitriles is 1. The highest BCUT2D eigenvalue weighted by Gasteiger charge is 2.16. The third-order valence-corrected chi connectivity index (χ3v) is 3.08. The Balaban J connectivity index is 2.94. The van der Waals surface area contributed by atoms with Gasteiger partial charge >= 0.3 is 0 Å². The average Bonchev–Trinajstić information content (AvgIpc) is 2.34. The van der Waals surface area contributed by atoms with Crippen LogP contribution < -0.4 is 5.32 Å². The van der Waals surface area contributed by atoms with Crippen molar-refractivity contribution >= 4 is 5.69 Å². The molecule has 17 heavy (non-hydrogen) atoms. The second-order valence-corrected chi connectivity index (χ2v) is 4.22. The smallest absolute Gasteiger partial charge is 0.183 e. The second kappa shape index (κ2) is 5.62. The largest absolute Gasteiger partial charge is 0.380 e. The summed E-state index contributed by atoms with van der Waals surface area (Å²) in [5, 5.41) is 11.5. The maximum Gasteiger partial charge on any atom is 0.183 e. The van der Waals surface area contributed by atoms with Crippen LogP contribution in [-0.4, -0.2) is 6.04 Å². The number of nitrogens with one attached hydrogen (secondary N) is 1. The fraction of sp³-hybridized carbons (Fsp3) is 0.462. The third kappa shape index (κ3) is 2.94. The molecule has 0 spiro atoms. The van der Waals surface area contributed by atoms with Crippen molar-refractivity contribution in [3.05, 3.63) is 29.3 Å². The van der Waals surface area contributed by atoms with Gasteiger partial charge in [0.15, 0.2) is 11.6 Å². The molecule has 1 aromatic carbocycles. The molecule has 0 bridgehead atoms. The first-order valence-corrected chi connectivity index (χ1v) is 5.65. The van der Waals surface area contributed by atoms with Gasteiger partial charge < -0.3 is 5.32 Å². The van der Waals surface area contributed by atoms with Crippen molar-refractivity contribution in [1.82, 2.24) is 0 Å². The Labute approximate surface area is 100 Å². The molecule has 1 aromatic rings. The van der Waals surface area contributed by atoms with E-state index >= 15 is 0 Å². The normalized spacial score (nSPS) is 13.9.